The molecule has 0 fully saturated rings. The van der Waals surface area contributed by atoms with E-state index >= 15 is 0 Å². The van der Waals surface area contributed by atoms with Crippen LogP contribution in [0.3, 0.4) is 0 Å². The number of hydrogen-bond acceptors (Lipinski definition) is 15. The van der Waals surface area contributed by atoms with Crippen molar-refractivity contribution in [3.8, 4) is 0 Å². The predicted molar refractivity (Wildman–Crippen MR) is 488 cm³/mol. The molecule has 0 saturated carbocycles. The summed E-state index contributed by atoms with van der Waals surface area (Å²) in [6.07, 6.45) is 21.5. The number of aromatic nitrogens is 2. The maximum atomic E-state index is 13.6. The fraction of sp³-hybridized carbons (Fsp3) is 0.710. The number of H-pyrrole nitrogens is 2. The number of nitrogens with two attached hydrogens (primary N) is 5. The SMILES string of the molecule is CC(C)NC(=O)N[C@H](CCC(=O)C[C@@H](CCCCN)CNC(=O)N[C@H](CCC(=O)C[C@@H](CCCCN)CNC(=O)N[C@H](CCC(=O)C[C@H](C)C(C)C)Cc1c[nH]c2ccccc12)C(C)C)C(C)C.CCNC(=O)N[C@@H](CCCCN)CCC(=O)C[C@H](CNC(=O)N[C@@H](CCCCN)CCC(=O)C[C@H](CCC(N)=O)C(C)C)Cc1c[nH]c2ccccc12. The highest BCUT2D eigenvalue weighted by Gasteiger charge is 2.28. The van der Waals surface area contributed by atoms with Gasteiger partial charge in [0.05, 0.1) is 0 Å². The molecule has 684 valence electrons. The number of primary amides is 1. The Morgan fingerprint density at radius 1 is 0.347 bits per heavy atom. The van der Waals surface area contributed by atoms with Gasteiger partial charge in [-0.1, -0.05) is 124 Å². The molecule has 0 saturated heterocycles. The molecule has 0 aliphatic rings. The third-order valence-corrected chi connectivity index (χ3v) is 23.3. The van der Waals surface area contributed by atoms with Gasteiger partial charge in [-0.15, -0.1) is 0 Å². The van der Waals surface area contributed by atoms with E-state index in [1.54, 1.807) is 0 Å². The van der Waals surface area contributed by atoms with Gasteiger partial charge >= 0.3 is 30.2 Å². The Bertz CT molecular complexity index is 3650. The van der Waals surface area contributed by atoms with E-state index in [2.05, 4.69) is 90.0 Å². The minimum absolute atomic E-state index is 0.00874. The first-order valence-electron chi connectivity index (χ1n) is 45.8. The number of urea groups is 5. The van der Waals surface area contributed by atoms with Gasteiger partial charge in [0.15, 0.2) is 0 Å². The highest BCUT2D eigenvalue weighted by atomic mass is 16.2. The monoisotopic (exact) mass is 1690 g/mol. The molecule has 11 amide bonds. The molecule has 4 rings (SSSR count). The summed E-state index contributed by atoms with van der Waals surface area (Å²) in [5, 5.41) is 32.2. The Kier molecular flexibility index (Phi) is 54.5. The van der Waals surface area contributed by atoms with E-state index in [1.807, 2.05) is 117 Å². The summed E-state index contributed by atoms with van der Waals surface area (Å²) in [5.74, 6) is 1.14. The Hall–Kier alpha value is -8.47. The second-order valence-electron chi connectivity index (χ2n) is 35.6. The van der Waals surface area contributed by atoms with Crippen molar-refractivity contribution in [2.75, 3.05) is 52.4 Å². The van der Waals surface area contributed by atoms with Gasteiger partial charge in [-0.05, 0) is 226 Å². The van der Waals surface area contributed by atoms with Crippen LogP contribution >= 0.6 is 0 Å². The first-order valence-corrected chi connectivity index (χ1v) is 45.8. The number of para-hydroxylation sites is 2. The van der Waals surface area contributed by atoms with Crippen LogP contribution in [-0.2, 0) is 41.6 Å². The van der Waals surface area contributed by atoms with Gasteiger partial charge in [-0.2, -0.15) is 0 Å². The van der Waals surface area contributed by atoms with Crippen LogP contribution < -0.4 is 81.8 Å². The topological polar surface area (TPSA) is 470 Å². The summed E-state index contributed by atoms with van der Waals surface area (Å²) in [4.78, 5) is 149. The van der Waals surface area contributed by atoms with Crippen LogP contribution in [0.4, 0.5) is 24.0 Å². The van der Waals surface area contributed by atoms with Gasteiger partial charge in [0.1, 0.15) is 28.9 Å². The number of carbonyl (C=O) groups excluding carboxylic acids is 11. The first kappa shape index (κ1) is 107. The normalized spacial score (nSPS) is 14.0. The zero-order chi connectivity index (χ0) is 89.6. The number of aromatic amines is 2. The van der Waals surface area contributed by atoms with Crippen molar-refractivity contribution < 1.29 is 52.7 Å². The Morgan fingerprint density at radius 2 is 0.719 bits per heavy atom. The second-order valence-corrected chi connectivity index (χ2v) is 35.6. The molecule has 10 atom stereocenters. The summed E-state index contributed by atoms with van der Waals surface area (Å²) in [6, 6.07) is 13.6. The summed E-state index contributed by atoms with van der Waals surface area (Å²) < 4.78 is 0. The number of benzene rings is 2. The molecule has 28 nitrogen and oxygen atoms in total. The average Bonchev–Trinajstić information content (AvgIpc) is 1.69. The van der Waals surface area contributed by atoms with E-state index in [1.165, 1.54) is 0 Å². The van der Waals surface area contributed by atoms with E-state index in [4.69, 9.17) is 28.7 Å². The Morgan fingerprint density at radius 3 is 1.14 bits per heavy atom. The number of rotatable bonds is 65. The Balaban J connectivity index is 0.000000645. The number of hydrogen-bond donors (Lipinski definition) is 17. The van der Waals surface area contributed by atoms with Crippen molar-refractivity contribution in [1.82, 2.24) is 63.1 Å². The molecule has 2 heterocycles. The lowest BCUT2D eigenvalue weighted by Gasteiger charge is -2.25. The maximum Gasteiger partial charge on any atom is 0.315 e. The van der Waals surface area contributed by atoms with Gasteiger partial charge < -0.3 is 91.8 Å². The van der Waals surface area contributed by atoms with Crippen LogP contribution in [0.15, 0.2) is 60.9 Å². The number of ketones is 5. The smallest absolute Gasteiger partial charge is 0.315 e. The molecule has 0 unspecified atom stereocenters. The quantitative estimate of drug-likeness (QED) is 0.0183. The molecular weight excluding hydrogens is 1530 g/mol. The minimum atomic E-state index is -0.361. The van der Waals surface area contributed by atoms with Gasteiger partial charge in [0, 0.05) is 167 Å². The second kappa shape index (κ2) is 61.8. The van der Waals surface area contributed by atoms with E-state index in [-0.39, 0.29) is 168 Å². The molecule has 0 radical (unpaired) electrons. The number of amides is 11. The maximum absolute atomic E-state index is 13.6. The van der Waals surface area contributed by atoms with Crippen LogP contribution in [-0.4, -0.2) is 164 Å². The molecule has 0 aliphatic carbocycles. The molecule has 2 aromatic carbocycles. The molecule has 28 heteroatoms. The molecule has 22 N–H and O–H groups in total. The molecular formula is C93H161N17O11. The first-order chi connectivity index (χ1) is 57.8. The van der Waals surface area contributed by atoms with E-state index in [0.717, 1.165) is 104 Å². The molecule has 2 aromatic heterocycles. The third-order valence-electron chi connectivity index (χ3n) is 23.3. The molecule has 0 aliphatic heterocycles. The number of carbonyl (C=O) groups is 11. The van der Waals surface area contributed by atoms with Gasteiger partial charge in [-0.3, -0.25) is 28.8 Å². The van der Waals surface area contributed by atoms with Crippen molar-refractivity contribution in [2.24, 2.45) is 81.9 Å². The van der Waals surface area contributed by atoms with E-state index in [0.29, 0.717) is 167 Å². The van der Waals surface area contributed by atoms with Gasteiger partial charge in [0.2, 0.25) is 5.91 Å². The molecule has 0 bridgehead atoms. The molecule has 0 spiro atoms. The zero-order valence-corrected chi connectivity index (χ0v) is 75.9. The lowest BCUT2D eigenvalue weighted by atomic mass is 9.85. The third kappa shape index (κ3) is 47.7. The lowest BCUT2D eigenvalue weighted by molar-refractivity contribution is -0.122. The highest BCUT2D eigenvalue weighted by molar-refractivity contribution is 5.86. The standard InChI is InChI=1S/C53H93N9O6.C40H68N8O5/c1-35(2)39(9)28-44(63)21-20-43(31-42-34-56-50-19-11-10-18-47(42)50)60-51(66)57-32-40(16-12-14-26-54)29-45(64)22-24-48(36(3)4)61-52(67)58-33-41(17-13-15-27-55)30-46(65)23-25-49(37(5)6)62-53(68)59-38(7)8;1-4-44-39(52)47-32(11-7-9-21-41)16-18-34(49)24-29(23-31-27-45-37-14-6-5-13-36(31)37)26-46-40(53)48-33(12-8-10-22-42)17-19-35(50)25-30(28(2)3)15-20-38(43)51/h10-11,18-19,34-41,43,48-49,56H,12-17,20-33,54-55H2,1-9H3,(H2,57,60,66)(H2,58,61,67)(H2,59,62,68);5-6,13-14,27-30,32-33,45H,4,7-12,15-26,41-42H2,1-3H3,(H2,43,51)(H2,44,47,52)(H2,46,48,53)/t39-,40+,41+,43+,48+,49+;29-,30+,32+,33+/m01/s1. The highest BCUT2D eigenvalue weighted by Crippen LogP contribution is 2.28. The van der Waals surface area contributed by atoms with E-state index < -0.39 is 0 Å². The summed E-state index contributed by atoms with van der Waals surface area (Å²) in [5.41, 5.74) is 32.5. The van der Waals surface area contributed by atoms with Crippen LogP contribution in [0, 0.1) is 53.3 Å². The van der Waals surface area contributed by atoms with Gasteiger partial charge in [0.25, 0.3) is 0 Å². The summed E-state index contributed by atoms with van der Waals surface area (Å²) in [6.45, 7) is 27.9. The summed E-state index contributed by atoms with van der Waals surface area (Å²) in [7, 11) is 0. The van der Waals surface area contributed by atoms with Crippen LogP contribution in [0.1, 0.15) is 280 Å². The molecule has 121 heavy (non-hydrogen) atoms. The number of nitrogens with one attached hydrogen (secondary N) is 12. The zero-order valence-electron chi connectivity index (χ0n) is 75.9. The van der Waals surface area contributed by atoms with Crippen molar-refractivity contribution in [2.45, 2.75) is 318 Å². The lowest BCUT2D eigenvalue weighted by Crippen LogP contribution is -2.46. The van der Waals surface area contributed by atoms with Crippen molar-refractivity contribution in [3.63, 3.8) is 0 Å². The minimum Gasteiger partial charge on any atom is -0.370 e. The van der Waals surface area contributed by atoms with Crippen LogP contribution in [0.5, 0.6) is 0 Å². The van der Waals surface area contributed by atoms with Gasteiger partial charge in [-0.25, -0.2) is 24.0 Å². The largest absolute Gasteiger partial charge is 0.370 e. The van der Waals surface area contributed by atoms with Crippen molar-refractivity contribution >= 4 is 86.8 Å². The van der Waals surface area contributed by atoms with E-state index in [9.17, 15) is 52.7 Å². The summed E-state index contributed by atoms with van der Waals surface area (Å²) >= 11 is 0. The molecule has 4 aromatic rings. The van der Waals surface area contributed by atoms with Crippen LogP contribution in [0.25, 0.3) is 21.8 Å². The predicted octanol–water partition coefficient (Wildman–Crippen LogP) is 13.4. The Labute approximate surface area is 723 Å². The number of fused-ring (bicyclic) bond motifs is 2. The van der Waals surface area contributed by atoms with Crippen molar-refractivity contribution in [1.29, 1.82) is 0 Å². The number of unbranched alkanes of at least 4 members (excludes halogenated alkanes) is 4. The van der Waals surface area contributed by atoms with Crippen molar-refractivity contribution in [3.05, 3.63) is 72.1 Å². The fourth-order valence-corrected chi connectivity index (χ4v) is 15.4. The van der Waals surface area contributed by atoms with Crippen LogP contribution in [0.2, 0.25) is 0 Å². The fourth-order valence-electron chi connectivity index (χ4n) is 15.4. The average molecular weight is 1690 g/mol. The number of Topliss-reactive ketones (excluding diaryl/α,β-unsaturated/α-hetero) is 5.